The minimum absolute atomic E-state index is 0. The summed E-state index contributed by atoms with van der Waals surface area (Å²) >= 11 is 0. The number of hydrogen-bond donors (Lipinski definition) is 3. The van der Waals surface area contributed by atoms with E-state index in [1.165, 1.54) is 0 Å². The summed E-state index contributed by atoms with van der Waals surface area (Å²) in [5.74, 6) is 1.96. The number of morpholine rings is 1. The summed E-state index contributed by atoms with van der Waals surface area (Å²) in [5, 5.41) is 10.1. The van der Waals surface area contributed by atoms with E-state index >= 15 is 0 Å². The first-order chi connectivity index (χ1) is 15.7. The molecule has 0 bridgehead atoms. The van der Waals surface area contributed by atoms with Gasteiger partial charge >= 0.3 is 0 Å². The van der Waals surface area contributed by atoms with Crippen LogP contribution in [0.3, 0.4) is 0 Å². The standard InChI is InChI=1S/C23H40N6O3.HI/c1-2-8-24-22(30)19-29-11-6-20(7-12-29)27-23(25-9-5-21-4-3-16-32-21)26-10-13-28-14-17-31-18-15-28;/h3-4,16,20H,2,5-15,17-19H2,1H3,(H,24,30)(H2,25,26,27);1H. The Morgan fingerprint density at radius 3 is 2.61 bits per heavy atom. The van der Waals surface area contributed by atoms with Gasteiger partial charge in [-0.1, -0.05) is 6.92 Å². The number of ether oxygens (including phenoxy) is 1. The molecule has 33 heavy (non-hydrogen) atoms. The number of halogens is 1. The number of amides is 1. The molecule has 2 fully saturated rings. The number of aliphatic imine (C=N–C) groups is 1. The van der Waals surface area contributed by atoms with Crippen molar-refractivity contribution in [3.8, 4) is 0 Å². The lowest BCUT2D eigenvalue weighted by molar-refractivity contribution is -0.122. The van der Waals surface area contributed by atoms with Crippen molar-refractivity contribution in [2.45, 2.75) is 38.6 Å². The van der Waals surface area contributed by atoms with Gasteiger partial charge in [-0.2, -0.15) is 0 Å². The van der Waals surface area contributed by atoms with E-state index in [9.17, 15) is 4.79 Å². The Bertz CT molecular complexity index is 674. The zero-order valence-electron chi connectivity index (χ0n) is 19.9. The zero-order valence-corrected chi connectivity index (χ0v) is 22.2. The SMILES string of the molecule is CCCNC(=O)CN1CCC(NC(=NCCN2CCOCC2)NCCc2ccco2)CC1.I. The number of carbonyl (C=O) groups is 1. The summed E-state index contributed by atoms with van der Waals surface area (Å²) < 4.78 is 10.9. The van der Waals surface area contributed by atoms with Crippen LogP contribution < -0.4 is 16.0 Å². The fraction of sp³-hybridized carbons (Fsp3) is 0.739. The van der Waals surface area contributed by atoms with Crippen LogP contribution in [0, 0.1) is 0 Å². The van der Waals surface area contributed by atoms with Crippen molar-refractivity contribution in [1.82, 2.24) is 25.8 Å². The molecule has 9 nitrogen and oxygen atoms in total. The second kappa shape index (κ2) is 16.3. The topological polar surface area (TPSA) is 94.4 Å². The van der Waals surface area contributed by atoms with Crippen LogP contribution in [0.2, 0.25) is 0 Å². The van der Waals surface area contributed by atoms with Crippen LogP contribution in [0.15, 0.2) is 27.8 Å². The lowest BCUT2D eigenvalue weighted by atomic mass is 10.1. The Kier molecular flexibility index (Phi) is 13.8. The molecule has 0 aliphatic carbocycles. The van der Waals surface area contributed by atoms with Gasteiger partial charge in [-0.15, -0.1) is 24.0 Å². The van der Waals surface area contributed by atoms with Crippen LogP contribution in [-0.2, 0) is 16.0 Å². The molecule has 0 unspecified atom stereocenters. The van der Waals surface area contributed by atoms with Crippen molar-refractivity contribution in [3.05, 3.63) is 24.2 Å². The van der Waals surface area contributed by atoms with Crippen LogP contribution in [0.5, 0.6) is 0 Å². The third-order valence-electron chi connectivity index (χ3n) is 5.90. The third-order valence-corrected chi connectivity index (χ3v) is 5.90. The highest BCUT2D eigenvalue weighted by Crippen LogP contribution is 2.10. The normalized spacial score (nSPS) is 18.5. The van der Waals surface area contributed by atoms with Crippen LogP contribution in [0.25, 0.3) is 0 Å². The van der Waals surface area contributed by atoms with Crippen LogP contribution >= 0.6 is 24.0 Å². The molecule has 0 spiro atoms. The molecule has 1 aromatic heterocycles. The number of rotatable bonds is 11. The van der Waals surface area contributed by atoms with E-state index in [1.807, 2.05) is 12.1 Å². The lowest BCUT2D eigenvalue weighted by Crippen LogP contribution is -2.50. The second-order valence-corrected chi connectivity index (χ2v) is 8.49. The summed E-state index contributed by atoms with van der Waals surface area (Å²) in [5.41, 5.74) is 0. The van der Waals surface area contributed by atoms with E-state index in [0.29, 0.717) is 12.6 Å². The molecule has 3 rings (SSSR count). The highest BCUT2D eigenvalue weighted by Gasteiger charge is 2.21. The lowest BCUT2D eigenvalue weighted by Gasteiger charge is -2.32. The maximum absolute atomic E-state index is 12.0. The van der Waals surface area contributed by atoms with Gasteiger partial charge in [0.1, 0.15) is 5.76 Å². The van der Waals surface area contributed by atoms with Gasteiger partial charge in [0, 0.05) is 58.3 Å². The summed E-state index contributed by atoms with van der Waals surface area (Å²) in [7, 11) is 0. The predicted molar refractivity (Wildman–Crippen MR) is 141 cm³/mol. The van der Waals surface area contributed by atoms with Gasteiger partial charge in [0.05, 0.1) is 32.6 Å². The highest BCUT2D eigenvalue weighted by molar-refractivity contribution is 14.0. The minimum Gasteiger partial charge on any atom is -0.469 e. The van der Waals surface area contributed by atoms with E-state index in [0.717, 1.165) is 103 Å². The highest BCUT2D eigenvalue weighted by atomic mass is 127. The van der Waals surface area contributed by atoms with Crippen LogP contribution in [-0.4, -0.2) is 99.8 Å². The van der Waals surface area contributed by atoms with Crippen molar-refractivity contribution in [3.63, 3.8) is 0 Å². The van der Waals surface area contributed by atoms with Gasteiger partial charge in [0.15, 0.2) is 5.96 Å². The van der Waals surface area contributed by atoms with Crippen molar-refractivity contribution in [2.75, 3.05) is 72.1 Å². The monoisotopic (exact) mass is 576 g/mol. The molecule has 2 aliphatic rings. The van der Waals surface area contributed by atoms with Crippen molar-refractivity contribution >= 4 is 35.8 Å². The quantitative estimate of drug-likeness (QED) is 0.208. The van der Waals surface area contributed by atoms with Gasteiger partial charge in [-0.05, 0) is 31.4 Å². The maximum atomic E-state index is 12.0. The van der Waals surface area contributed by atoms with Gasteiger partial charge in [0.25, 0.3) is 0 Å². The molecule has 1 aromatic rings. The molecule has 10 heteroatoms. The number of carbonyl (C=O) groups excluding carboxylic acids is 1. The number of likely N-dealkylation sites (tertiary alicyclic amines) is 1. The van der Waals surface area contributed by atoms with Gasteiger partial charge in [-0.25, -0.2) is 0 Å². The van der Waals surface area contributed by atoms with E-state index < -0.39 is 0 Å². The Hall–Kier alpha value is -1.37. The number of guanidine groups is 1. The smallest absolute Gasteiger partial charge is 0.234 e. The Labute approximate surface area is 215 Å². The second-order valence-electron chi connectivity index (χ2n) is 8.49. The Morgan fingerprint density at radius 1 is 1.12 bits per heavy atom. The van der Waals surface area contributed by atoms with E-state index in [1.54, 1.807) is 6.26 Å². The molecule has 0 radical (unpaired) electrons. The summed E-state index contributed by atoms with van der Waals surface area (Å²) in [6.45, 7) is 11.2. The van der Waals surface area contributed by atoms with Gasteiger partial charge in [-0.3, -0.25) is 19.6 Å². The maximum Gasteiger partial charge on any atom is 0.234 e. The van der Waals surface area contributed by atoms with E-state index in [2.05, 4.69) is 32.7 Å². The molecule has 3 N–H and O–H groups in total. The fourth-order valence-electron chi connectivity index (χ4n) is 3.99. The molecule has 0 saturated carbocycles. The van der Waals surface area contributed by atoms with Crippen LogP contribution in [0.4, 0.5) is 0 Å². The summed E-state index contributed by atoms with van der Waals surface area (Å²) in [6, 6.07) is 4.28. The molecular formula is C23H41IN6O3. The summed E-state index contributed by atoms with van der Waals surface area (Å²) in [6.07, 6.45) is 5.51. The first-order valence-electron chi connectivity index (χ1n) is 12.1. The molecule has 0 atom stereocenters. The van der Waals surface area contributed by atoms with Crippen LogP contribution in [0.1, 0.15) is 31.9 Å². The summed E-state index contributed by atoms with van der Waals surface area (Å²) in [4.78, 5) is 21.4. The largest absolute Gasteiger partial charge is 0.469 e. The number of nitrogens with zero attached hydrogens (tertiary/aromatic N) is 3. The average molecular weight is 577 g/mol. The first kappa shape index (κ1) is 27.9. The van der Waals surface area contributed by atoms with Crippen molar-refractivity contribution in [2.24, 2.45) is 4.99 Å². The molecule has 0 aromatic carbocycles. The van der Waals surface area contributed by atoms with E-state index in [4.69, 9.17) is 14.1 Å². The molecular weight excluding hydrogens is 535 g/mol. The number of hydrogen-bond acceptors (Lipinski definition) is 6. The number of piperidine rings is 1. The number of nitrogens with one attached hydrogen (secondary N) is 3. The molecule has 2 saturated heterocycles. The Morgan fingerprint density at radius 2 is 1.91 bits per heavy atom. The molecule has 3 heterocycles. The fourth-order valence-corrected chi connectivity index (χ4v) is 3.99. The van der Waals surface area contributed by atoms with Gasteiger partial charge in [0.2, 0.25) is 5.91 Å². The predicted octanol–water partition coefficient (Wildman–Crippen LogP) is 1.30. The number of furan rings is 1. The third kappa shape index (κ3) is 11.1. The minimum atomic E-state index is 0. The Balaban J connectivity index is 0.00000385. The molecule has 188 valence electrons. The first-order valence-corrected chi connectivity index (χ1v) is 12.1. The molecule has 1 amide bonds. The van der Waals surface area contributed by atoms with Gasteiger partial charge < -0.3 is 25.1 Å². The zero-order chi connectivity index (χ0) is 22.4. The van der Waals surface area contributed by atoms with E-state index in [-0.39, 0.29) is 29.9 Å². The van der Waals surface area contributed by atoms with Crippen molar-refractivity contribution in [1.29, 1.82) is 0 Å². The molecule has 2 aliphatic heterocycles. The van der Waals surface area contributed by atoms with Crippen molar-refractivity contribution < 1.29 is 13.9 Å². The average Bonchev–Trinajstić information content (AvgIpc) is 3.33.